The van der Waals surface area contributed by atoms with Gasteiger partial charge in [0, 0.05) is 20.2 Å². The lowest BCUT2D eigenvalue weighted by atomic mass is 9.47. The van der Waals surface area contributed by atoms with Gasteiger partial charge in [0.25, 0.3) is 0 Å². The molecule has 2 saturated carbocycles. The standard InChI is InChI=1S/C23H28N2O2.C2H6.CH4.H2/c1-17-18-6-9-22(10-7-20-24-13-14-25-20)8-4-3-5-19(22)21(18,2)11-12-23(17)26-15-16-27-23;1-2;;/h5,13-14,18H,1,3-4,6,8-9,11-12,15-16H2,2H3,(H,24,25);1-2H3;1H4;1H/t18?,21-,22+;;;/m0.../s1. The third-order valence-corrected chi connectivity index (χ3v) is 7.47. The first-order valence-corrected chi connectivity index (χ1v) is 11.3. The zero-order valence-electron chi connectivity index (χ0n) is 18.1. The van der Waals surface area contributed by atoms with Gasteiger partial charge in [0.05, 0.1) is 18.6 Å². The van der Waals surface area contributed by atoms with Gasteiger partial charge in [-0.3, -0.25) is 0 Å². The molecule has 30 heavy (non-hydrogen) atoms. The molecule has 1 aromatic heterocycles. The summed E-state index contributed by atoms with van der Waals surface area (Å²) < 4.78 is 12.1. The maximum Gasteiger partial charge on any atom is 0.190 e. The molecule has 1 N–H and O–H groups in total. The smallest absolute Gasteiger partial charge is 0.190 e. The van der Waals surface area contributed by atoms with Gasteiger partial charge >= 0.3 is 0 Å². The van der Waals surface area contributed by atoms with E-state index in [-0.39, 0.29) is 19.7 Å². The quantitative estimate of drug-likeness (QED) is 0.403. The van der Waals surface area contributed by atoms with Gasteiger partial charge in [0.2, 0.25) is 0 Å². The van der Waals surface area contributed by atoms with Crippen LogP contribution in [0, 0.1) is 28.6 Å². The van der Waals surface area contributed by atoms with Crippen molar-refractivity contribution < 1.29 is 10.9 Å². The summed E-state index contributed by atoms with van der Waals surface area (Å²) in [5, 5.41) is 0. The summed E-state index contributed by atoms with van der Waals surface area (Å²) in [6.45, 7) is 12.3. The Morgan fingerprint density at radius 3 is 2.67 bits per heavy atom. The van der Waals surface area contributed by atoms with Gasteiger partial charge in [-0.2, -0.15) is 0 Å². The summed E-state index contributed by atoms with van der Waals surface area (Å²) in [5.74, 6) is 7.64. The molecule has 5 rings (SSSR count). The van der Waals surface area contributed by atoms with Crippen molar-refractivity contribution in [2.45, 2.75) is 78.9 Å². The summed E-state index contributed by atoms with van der Waals surface area (Å²) in [6, 6.07) is 0. The summed E-state index contributed by atoms with van der Waals surface area (Å²) in [5.41, 5.74) is 2.80. The Balaban J connectivity index is 0.000000830. The SMILES string of the molecule is C.C=C1C2CC[C@@]3(C#Cc4ncc[nH]4)CCCC=C3[C@@]2(C)CCC12OCCO2.CC.[HH]. The lowest BCUT2D eigenvalue weighted by Crippen LogP contribution is -2.53. The second-order valence-electron chi connectivity index (χ2n) is 8.76. The van der Waals surface area contributed by atoms with Crippen molar-refractivity contribution in [3.8, 4) is 11.8 Å². The first-order valence-electron chi connectivity index (χ1n) is 11.3. The molecule has 1 saturated heterocycles. The van der Waals surface area contributed by atoms with Gasteiger partial charge in [-0.15, -0.1) is 0 Å². The highest BCUT2D eigenvalue weighted by atomic mass is 16.7. The number of H-pyrrole nitrogens is 1. The van der Waals surface area contributed by atoms with Crippen molar-refractivity contribution in [1.82, 2.24) is 9.97 Å². The first-order chi connectivity index (χ1) is 14.1. The molecule has 1 aliphatic heterocycles. The molecule has 3 fully saturated rings. The maximum absolute atomic E-state index is 6.06. The number of hydrogen-bond donors (Lipinski definition) is 1. The monoisotopic (exact) mass is 412 g/mol. The Labute approximate surface area is 184 Å². The van der Waals surface area contributed by atoms with E-state index in [1.807, 2.05) is 20.0 Å². The van der Waals surface area contributed by atoms with Crippen LogP contribution in [0.1, 0.15) is 80.4 Å². The van der Waals surface area contributed by atoms with E-state index < -0.39 is 5.79 Å². The number of nitrogens with zero attached hydrogens (tertiary/aromatic N) is 1. The number of fused-ring (bicyclic) bond motifs is 3. The average molecular weight is 413 g/mol. The van der Waals surface area contributed by atoms with E-state index in [0.717, 1.165) is 49.9 Å². The summed E-state index contributed by atoms with van der Waals surface area (Å²) in [4.78, 5) is 7.42. The molecule has 1 spiro atoms. The molecule has 4 aliphatic rings. The van der Waals surface area contributed by atoms with Crippen LogP contribution < -0.4 is 0 Å². The van der Waals surface area contributed by atoms with Gasteiger partial charge in [-0.1, -0.05) is 46.8 Å². The fourth-order valence-electron chi connectivity index (χ4n) is 6.12. The number of imidazole rings is 1. The van der Waals surface area contributed by atoms with Gasteiger partial charge in [0.15, 0.2) is 11.6 Å². The average Bonchev–Trinajstić information content (AvgIpc) is 3.44. The highest BCUT2D eigenvalue weighted by molar-refractivity contribution is 5.43. The summed E-state index contributed by atoms with van der Waals surface area (Å²) in [7, 11) is 0. The number of aromatic amines is 1. The van der Waals surface area contributed by atoms with Crippen LogP contribution in [-0.2, 0) is 9.47 Å². The lowest BCUT2D eigenvalue weighted by Gasteiger charge is -2.58. The summed E-state index contributed by atoms with van der Waals surface area (Å²) in [6.07, 6.45) is 13.8. The van der Waals surface area contributed by atoms with Crippen LogP contribution in [0.5, 0.6) is 0 Å². The minimum absolute atomic E-state index is 0. The minimum Gasteiger partial charge on any atom is -0.344 e. The van der Waals surface area contributed by atoms with Crippen molar-refractivity contribution in [2.75, 3.05) is 13.2 Å². The Bertz CT molecular complexity index is 845. The molecule has 4 heteroatoms. The fraction of sp³-hybridized carbons (Fsp3) is 0.654. The number of ether oxygens (including phenoxy) is 2. The van der Waals surface area contributed by atoms with Crippen LogP contribution in [0.4, 0.5) is 0 Å². The molecule has 0 bridgehead atoms. The number of rotatable bonds is 0. The first kappa shape index (κ1) is 22.8. The second-order valence-corrected chi connectivity index (χ2v) is 8.76. The van der Waals surface area contributed by atoms with E-state index in [2.05, 4.69) is 41.4 Å². The molecule has 1 aromatic rings. The highest BCUT2D eigenvalue weighted by Gasteiger charge is 2.59. The lowest BCUT2D eigenvalue weighted by molar-refractivity contribution is -0.163. The van der Waals surface area contributed by atoms with Crippen LogP contribution in [0.2, 0.25) is 0 Å². The fourth-order valence-corrected chi connectivity index (χ4v) is 6.12. The van der Waals surface area contributed by atoms with Crippen molar-refractivity contribution >= 4 is 0 Å². The molecule has 4 nitrogen and oxygen atoms in total. The van der Waals surface area contributed by atoms with Crippen LogP contribution in [0.3, 0.4) is 0 Å². The zero-order chi connectivity index (χ0) is 20.5. The predicted molar refractivity (Wildman–Crippen MR) is 124 cm³/mol. The van der Waals surface area contributed by atoms with Crippen molar-refractivity contribution in [3.05, 3.63) is 42.0 Å². The molecule has 0 aromatic carbocycles. The van der Waals surface area contributed by atoms with Gasteiger partial charge in [0.1, 0.15) is 0 Å². The second kappa shape index (κ2) is 8.73. The zero-order valence-corrected chi connectivity index (χ0v) is 18.1. The van der Waals surface area contributed by atoms with E-state index in [4.69, 9.17) is 9.47 Å². The molecule has 0 radical (unpaired) electrons. The molecule has 0 amide bonds. The molecule has 2 heterocycles. The minimum atomic E-state index is -0.529. The third-order valence-electron chi connectivity index (χ3n) is 7.47. The van der Waals surface area contributed by atoms with E-state index in [1.54, 1.807) is 11.8 Å². The molecule has 3 aliphatic carbocycles. The molecular weight excluding hydrogens is 372 g/mol. The number of aromatic nitrogens is 2. The van der Waals surface area contributed by atoms with Crippen molar-refractivity contribution in [1.29, 1.82) is 0 Å². The summed E-state index contributed by atoms with van der Waals surface area (Å²) >= 11 is 0. The van der Waals surface area contributed by atoms with Crippen LogP contribution in [-0.4, -0.2) is 29.0 Å². The number of nitrogens with one attached hydrogen (secondary N) is 1. The van der Waals surface area contributed by atoms with Crippen molar-refractivity contribution in [2.24, 2.45) is 16.7 Å². The van der Waals surface area contributed by atoms with E-state index >= 15 is 0 Å². The van der Waals surface area contributed by atoms with Gasteiger partial charge in [-0.05, 0) is 66.9 Å². The largest absolute Gasteiger partial charge is 0.344 e. The van der Waals surface area contributed by atoms with Crippen LogP contribution >= 0.6 is 0 Å². The maximum atomic E-state index is 6.06. The van der Waals surface area contributed by atoms with Gasteiger partial charge < -0.3 is 14.5 Å². The normalized spacial score (nSPS) is 33.6. The number of allylic oxidation sites excluding steroid dienone is 2. The van der Waals surface area contributed by atoms with Crippen molar-refractivity contribution in [3.63, 3.8) is 0 Å². The number of hydrogen-bond acceptors (Lipinski definition) is 3. The third kappa shape index (κ3) is 3.47. The topological polar surface area (TPSA) is 47.1 Å². The van der Waals surface area contributed by atoms with Crippen LogP contribution in [0.25, 0.3) is 0 Å². The Hall–Kier alpha value is -1.83. The molecule has 3 atom stereocenters. The Morgan fingerprint density at radius 1 is 1.20 bits per heavy atom. The molecular formula is C26H40N2O2. The van der Waals surface area contributed by atoms with Crippen LogP contribution in [0.15, 0.2) is 36.2 Å². The highest BCUT2D eigenvalue weighted by Crippen LogP contribution is 2.65. The molecule has 1 unspecified atom stereocenters. The Morgan fingerprint density at radius 2 is 1.97 bits per heavy atom. The Kier molecular flexibility index (Phi) is 6.65. The molecule has 166 valence electrons. The van der Waals surface area contributed by atoms with E-state index in [1.165, 1.54) is 6.42 Å². The van der Waals surface area contributed by atoms with E-state index in [0.29, 0.717) is 19.1 Å². The van der Waals surface area contributed by atoms with Gasteiger partial charge in [-0.25, -0.2) is 4.98 Å². The van der Waals surface area contributed by atoms with E-state index in [9.17, 15) is 0 Å². The predicted octanol–water partition coefficient (Wildman–Crippen LogP) is 6.28.